The number of benzene rings is 6. The van der Waals surface area contributed by atoms with Crippen LogP contribution in [0.5, 0.6) is 0 Å². The Kier molecular flexibility index (Phi) is 5.31. The lowest BCUT2D eigenvalue weighted by Crippen LogP contribution is -2.11. The van der Waals surface area contributed by atoms with Gasteiger partial charge in [0, 0.05) is 17.5 Å². The van der Waals surface area contributed by atoms with Crippen LogP contribution in [-0.4, -0.2) is 0 Å². The van der Waals surface area contributed by atoms with Crippen LogP contribution >= 0.6 is 0 Å². The minimum absolute atomic E-state index is 1.01. The maximum atomic E-state index is 4.31. The minimum atomic E-state index is 1.01. The fourth-order valence-electron chi connectivity index (χ4n) is 5.88. The van der Waals surface area contributed by atoms with Gasteiger partial charge in [-0.25, -0.2) is 0 Å². The van der Waals surface area contributed by atoms with E-state index in [1.54, 1.807) is 0 Å². The number of nitrogens with zero attached hydrogens (tertiary/aromatic N) is 1. The summed E-state index contributed by atoms with van der Waals surface area (Å²) in [6.07, 6.45) is 10.2. The highest BCUT2D eigenvalue weighted by Gasteiger charge is 2.15. The second kappa shape index (κ2) is 9.01. The zero-order chi connectivity index (χ0) is 26.5. The quantitative estimate of drug-likeness (QED) is 0.235. The van der Waals surface area contributed by atoms with Gasteiger partial charge in [0.2, 0.25) is 0 Å². The summed E-state index contributed by atoms with van der Waals surface area (Å²) in [6, 6.07) is 35.0. The van der Waals surface area contributed by atoms with Crippen molar-refractivity contribution in [1.82, 2.24) is 0 Å². The Morgan fingerprint density at radius 2 is 1.44 bits per heavy atom. The highest BCUT2D eigenvalue weighted by Crippen LogP contribution is 2.38. The molecule has 0 N–H and O–H groups in total. The number of hydrogen-bond donors (Lipinski definition) is 0. The van der Waals surface area contributed by atoms with E-state index in [1.807, 2.05) is 12.2 Å². The first kappa shape index (κ1) is 23.0. The molecule has 39 heavy (non-hydrogen) atoms. The van der Waals surface area contributed by atoms with E-state index in [0.717, 1.165) is 33.3 Å². The molecule has 0 atom stereocenters. The van der Waals surface area contributed by atoms with Gasteiger partial charge >= 0.3 is 0 Å². The summed E-state index contributed by atoms with van der Waals surface area (Å²) in [7, 11) is 0. The van der Waals surface area contributed by atoms with Gasteiger partial charge in [-0.2, -0.15) is 0 Å². The molecule has 0 radical (unpaired) electrons. The number of fused-ring (bicyclic) bond motifs is 2. The van der Waals surface area contributed by atoms with Crippen molar-refractivity contribution in [2.24, 2.45) is 0 Å². The van der Waals surface area contributed by atoms with E-state index in [1.165, 1.54) is 43.4 Å². The summed E-state index contributed by atoms with van der Waals surface area (Å²) in [5, 5.41) is 8.35. The van der Waals surface area contributed by atoms with E-state index in [4.69, 9.17) is 0 Å². The van der Waals surface area contributed by atoms with Gasteiger partial charge in [0.25, 0.3) is 0 Å². The zero-order valence-electron chi connectivity index (χ0n) is 21.7. The molecule has 0 saturated heterocycles. The van der Waals surface area contributed by atoms with Crippen molar-refractivity contribution in [2.45, 2.75) is 0 Å². The molecule has 0 aliphatic carbocycles. The van der Waals surface area contributed by atoms with E-state index in [9.17, 15) is 0 Å². The van der Waals surface area contributed by atoms with E-state index < -0.39 is 0 Å². The smallest absolute Gasteiger partial charge is 0.0533 e. The van der Waals surface area contributed by atoms with Gasteiger partial charge < -0.3 is 4.90 Å². The normalized spacial score (nSPS) is 14.8. The molecule has 1 aliphatic heterocycles. The molecule has 0 unspecified atom stereocenters. The van der Waals surface area contributed by atoms with E-state index in [2.05, 4.69) is 140 Å². The lowest BCUT2D eigenvalue weighted by atomic mass is 9.90. The average molecular weight is 498 g/mol. The average Bonchev–Trinajstić information content (AvgIpc) is 2.97. The molecule has 6 aromatic carbocycles. The molecule has 0 amide bonds. The number of allylic oxidation sites excluding steroid dienone is 4. The Bertz CT molecular complexity index is 2070. The molecule has 6 aromatic rings. The van der Waals surface area contributed by atoms with Crippen molar-refractivity contribution in [3.63, 3.8) is 0 Å². The molecule has 0 aromatic heterocycles. The molecule has 0 bridgehead atoms. The summed E-state index contributed by atoms with van der Waals surface area (Å²) in [6.45, 7) is 12.6. The Morgan fingerprint density at radius 3 is 2.33 bits per heavy atom. The number of rotatable bonds is 3. The molecule has 0 spiro atoms. The second-order valence-corrected chi connectivity index (χ2v) is 10.1. The first-order valence-corrected chi connectivity index (χ1v) is 13.2. The van der Waals surface area contributed by atoms with Crippen molar-refractivity contribution >= 4 is 61.9 Å². The topological polar surface area (TPSA) is 3.24 Å². The Morgan fingerprint density at radius 1 is 0.641 bits per heavy atom. The van der Waals surface area contributed by atoms with Crippen LogP contribution in [0.15, 0.2) is 135 Å². The van der Waals surface area contributed by atoms with Crippen LogP contribution in [0.4, 0.5) is 11.4 Å². The summed E-state index contributed by atoms with van der Waals surface area (Å²) in [5.41, 5.74) is 7.94. The third kappa shape index (κ3) is 3.71. The van der Waals surface area contributed by atoms with Crippen LogP contribution in [0.2, 0.25) is 0 Å². The van der Waals surface area contributed by atoms with Crippen LogP contribution in [0.25, 0.3) is 61.7 Å². The molecule has 1 heterocycles. The van der Waals surface area contributed by atoms with Crippen LogP contribution in [0.1, 0.15) is 11.1 Å². The van der Waals surface area contributed by atoms with Crippen LogP contribution in [0, 0.1) is 0 Å². The molecule has 184 valence electrons. The zero-order valence-corrected chi connectivity index (χ0v) is 21.7. The maximum Gasteiger partial charge on any atom is 0.0533 e. The SMILES string of the molecule is C=Cc1ccc2ccc(-c3ccc4cc(N5/C=C\C=C/C(=C)c6ccccc65)ccc4c3)c3ccc(=C)c1c23. The van der Waals surface area contributed by atoms with Gasteiger partial charge in [-0.05, 0) is 90.1 Å². The van der Waals surface area contributed by atoms with Crippen LogP contribution in [0.3, 0.4) is 0 Å². The Balaban J connectivity index is 1.36. The highest BCUT2D eigenvalue weighted by atomic mass is 15.1. The first-order chi connectivity index (χ1) is 19.1. The fourth-order valence-corrected chi connectivity index (χ4v) is 5.88. The van der Waals surface area contributed by atoms with Crippen molar-refractivity contribution in [3.05, 3.63) is 151 Å². The third-order valence-electron chi connectivity index (χ3n) is 7.82. The van der Waals surface area contributed by atoms with Gasteiger partial charge in [0.05, 0.1) is 5.69 Å². The van der Waals surface area contributed by atoms with Crippen molar-refractivity contribution in [3.8, 4) is 11.1 Å². The molecule has 7 rings (SSSR count). The van der Waals surface area contributed by atoms with E-state index >= 15 is 0 Å². The number of anilines is 2. The molecular weight excluding hydrogens is 470 g/mol. The van der Waals surface area contributed by atoms with Gasteiger partial charge in [-0.1, -0.05) is 111 Å². The number of para-hydroxylation sites is 1. The standard InChI is InChI=1S/C38H27N/c1-4-27-13-14-28-18-21-34(35-20-12-26(3)37(27)38(28)35)31-16-15-30-24-32(19-17-29(30)23-31)39-22-8-7-9-25(2)33-10-5-6-11-36(33)39/h4-24H,1-3H2/b9-7-,22-8-. The van der Waals surface area contributed by atoms with Crippen molar-refractivity contribution in [2.75, 3.05) is 4.90 Å². The largest absolute Gasteiger partial charge is 0.317 e. The predicted octanol–water partition coefficient (Wildman–Crippen LogP) is 9.82. The van der Waals surface area contributed by atoms with Gasteiger partial charge in [-0.3, -0.25) is 0 Å². The number of hydrogen-bond acceptors (Lipinski definition) is 1. The first-order valence-electron chi connectivity index (χ1n) is 13.2. The molecule has 0 fully saturated rings. The van der Waals surface area contributed by atoms with E-state index in [-0.39, 0.29) is 0 Å². The summed E-state index contributed by atoms with van der Waals surface area (Å²) < 4.78 is 0. The lowest BCUT2D eigenvalue weighted by Gasteiger charge is -2.25. The van der Waals surface area contributed by atoms with Gasteiger partial charge in [-0.15, -0.1) is 0 Å². The van der Waals surface area contributed by atoms with Gasteiger partial charge in [0.15, 0.2) is 0 Å². The van der Waals surface area contributed by atoms with Crippen molar-refractivity contribution in [1.29, 1.82) is 0 Å². The predicted molar refractivity (Wildman–Crippen MR) is 171 cm³/mol. The molecule has 0 saturated carbocycles. The fraction of sp³-hybridized carbons (Fsp3) is 0. The minimum Gasteiger partial charge on any atom is -0.317 e. The maximum absolute atomic E-state index is 4.31. The van der Waals surface area contributed by atoms with E-state index in [0.29, 0.717) is 0 Å². The molecular formula is C38H27N. The summed E-state index contributed by atoms with van der Waals surface area (Å²) in [4.78, 5) is 2.24. The molecule has 1 heteroatoms. The summed E-state index contributed by atoms with van der Waals surface area (Å²) in [5.74, 6) is 0. The monoisotopic (exact) mass is 497 g/mol. The van der Waals surface area contributed by atoms with Crippen LogP contribution in [-0.2, 0) is 0 Å². The Hall–Kier alpha value is -5.14. The summed E-state index contributed by atoms with van der Waals surface area (Å²) >= 11 is 0. The highest BCUT2D eigenvalue weighted by molar-refractivity contribution is 6.17. The second-order valence-electron chi connectivity index (χ2n) is 10.1. The molecule has 1 nitrogen and oxygen atoms in total. The van der Waals surface area contributed by atoms with Gasteiger partial charge in [0.1, 0.15) is 0 Å². The third-order valence-corrected chi connectivity index (χ3v) is 7.82. The van der Waals surface area contributed by atoms with Crippen molar-refractivity contribution < 1.29 is 0 Å². The van der Waals surface area contributed by atoms with Crippen LogP contribution < -0.4 is 10.1 Å². The molecule has 1 aliphatic rings. The lowest BCUT2D eigenvalue weighted by molar-refractivity contribution is 1.27. The Labute approximate surface area is 228 Å².